The standard InChI is InChI=1S/C15H14FNO2/c16-9-6-7-13-11(8-9)14(15(18)19)10-4-2-1-3-5-12(10)17-13/h6-8H,1-5H2,(H,18,19). The summed E-state index contributed by atoms with van der Waals surface area (Å²) in [5, 5.41) is 9.88. The monoisotopic (exact) mass is 259 g/mol. The van der Waals surface area contributed by atoms with Gasteiger partial charge in [0.15, 0.2) is 0 Å². The molecule has 3 rings (SSSR count). The summed E-state index contributed by atoms with van der Waals surface area (Å²) < 4.78 is 13.4. The maximum atomic E-state index is 13.4. The van der Waals surface area contributed by atoms with Crippen molar-refractivity contribution in [3.8, 4) is 0 Å². The van der Waals surface area contributed by atoms with E-state index in [9.17, 15) is 14.3 Å². The van der Waals surface area contributed by atoms with E-state index in [1.165, 1.54) is 12.1 Å². The lowest BCUT2D eigenvalue weighted by Gasteiger charge is -2.12. The average Bonchev–Trinajstić information content (AvgIpc) is 2.60. The van der Waals surface area contributed by atoms with Gasteiger partial charge < -0.3 is 5.11 Å². The van der Waals surface area contributed by atoms with Crippen LogP contribution in [0.1, 0.15) is 40.9 Å². The average molecular weight is 259 g/mol. The Bertz CT molecular complexity index is 667. The lowest BCUT2D eigenvalue weighted by atomic mass is 9.97. The first-order valence-corrected chi connectivity index (χ1v) is 6.51. The molecular weight excluding hydrogens is 245 g/mol. The topological polar surface area (TPSA) is 50.2 Å². The molecule has 19 heavy (non-hydrogen) atoms. The molecule has 1 aliphatic rings. The van der Waals surface area contributed by atoms with Gasteiger partial charge in [-0.15, -0.1) is 0 Å². The van der Waals surface area contributed by atoms with Crippen LogP contribution in [-0.2, 0) is 12.8 Å². The quantitative estimate of drug-likeness (QED) is 0.799. The number of carboxylic acid groups (broad SMARTS) is 1. The van der Waals surface area contributed by atoms with Crippen LogP contribution in [0, 0.1) is 5.82 Å². The van der Waals surface area contributed by atoms with Gasteiger partial charge in [-0.1, -0.05) is 6.42 Å². The second-order valence-corrected chi connectivity index (χ2v) is 4.94. The van der Waals surface area contributed by atoms with Crippen LogP contribution < -0.4 is 0 Å². The van der Waals surface area contributed by atoms with Crippen LogP contribution in [0.2, 0.25) is 0 Å². The molecule has 3 nitrogen and oxygen atoms in total. The molecule has 0 bridgehead atoms. The van der Waals surface area contributed by atoms with Gasteiger partial charge >= 0.3 is 5.97 Å². The van der Waals surface area contributed by atoms with E-state index in [1.807, 2.05) is 0 Å². The van der Waals surface area contributed by atoms with E-state index in [0.717, 1.165) is 43.4 Å². The van der Waals surface area contributed by atoms with Gasteiger partial charge in [-0.2, -0.15) is 0 Å². The van der Waals surface area contributed by atoms with Crippen LogP contribution in [-0.4, -0.2) is 16.1 Å². The molecule has 0 amide bonds. The summed E-state index contributed by atoms with van der Waals surface area (Å²) in [7, 11) is 0. The molecule has 1 heterocycles. The number of fused-ring (bicyclic) bond motifs is 2. The molecule has 2 aromatic rings. The Hall–Kier alpha value is -1.97. The first-order chi connectivity index (χ1) is 9.16. The predicted octanol–water partition coefficient (Wildman–Crippen LogP) is 3.34. The fraction of sp³-hybridized carbons (Fsp3) is 0.333. The molecule has 4 heteroatoms. The SMILES string of the molecule is O=C(O)c1c2c(nc3ccc(F)cc13)CCCCC2. The molecule has 0 fully saturated rings. The maximum absolute atomic E-state index is 13.4. The van der Waals surface area contributed by atoms with Crippen molar-refractivity contribution in [3.05, 3.63) is 40.8 Å². The van der Waals surface area contributed by atoms with Gasteiger partial charge in [0.05, 0.1) is 11.1 Å². The summed E-state index contributed by atoms with van der Waals surface area (Å²) in [4.78, 5) is 16.1. The van der Waals surface area contributed by atoms with Crippen molar-refractivity contribution < 1.29 is 14.3 Å². The van der Waals surface area contributed by atoms with Crippen LogP contribution in [0.4, 0.5) is 4.39 Å². The van der Waals surface area contributed by atoms with Gasteiger partial charge in [0.25, 0.3) is 0 Å². The highest BCUT2D eigenvalue weighted by atomic mass is 19.1. The summed E-state index contributed by atoms with van der Waals surface area (Å²) in [6.07, 6.45) is 4.61. The normalized spacial score (nSPS) is 15.0. The van der Waals surface area contributed by atoms with E-state index in [1.54, 1.807) is 6.07 Å². The molecule has 0 unspecified atom stereocenters. The van der Waals surface area contributed by atoms with E-state index in [4.69, 9.17) is 0 Å². The Kier molecular flexibility index (Phi) is 2.93. The van der Waals surface area contributed by atoms with E-state index in [2.05, 4.69) is 4.98 Å². The second kappa shape index (κ2) is 4.61. The minimum atomic E-state index is -0.990. The Balaban J connectivity index is 2.37. The minimum absolute atomic E-state index is 0.237. The molecule has 98 valence electrons. The highest BCUT2D eigenvalue weighted by Gasteiger charge is 2.21. The van der Waals surface area contributed by atoms with E-state index >= 15 is 0 Å². The van der Waals surface area contributed by atoms with Crippen molar-refractivity contribution in [2.75, 3.05) is 0 Å². The van der Waals surface area contributed by atoms with Gasteiger partial charge in [-0.3, -0.25) is 4.98 Å². The van der Waals surface area contributed by atoms with Gasteiger partial charge in [-0.25, -0.2) is 9.18 Å². The Morgan fingerprint density at radius 1 is 1.21 bits per heavy atom. The Morgan fingerprint density at radius 3 is 2.79 bits per heavy atom. The van der Waals surface area contributed by atoms with Crippen LogP contribution in [0.3, 0.4) is 0 Å². The smallest absolute Gasteiger partial charge is 0.336 e. The number of hydrogen-bond acceptors (Lipinski definition) is 2. The minimum Gasteiger partial charge on any atom is -0.478 e. The fourth-order valence-electron chi connectivity index (χ4n) is 2.82. The molecule has 1 aromatic heterocycles. The van der Waals surface area contributed by atoms with Crippen LogP contribution in [0.5, 0.6) is 0 Å². The summed E-state index contributed by atoms with van der Waals surface area (Å²) >= 11 is 0. The van der Waals surface area contributed by atoms with Crippen molar-refractivity contribution >= 4 is 16.9 Å². The van der Waals surface area contributed by atoms with Crippen molar-refractivity contribution in [1.82, 2.24) is 4.98 Å². The number of carboxylic acids is 1. The highest BCUT2D eigenvalue weighted by molar-refractivity contribution is 6.04. The highest BCUT2D eigenvalue weighted by Crippen LogP contribution is 2.29. The number of aromatic nitrogens is 1. The van der Waals surface area contributed by atoms with E-state index in [-0.39, 0.29) is 5.56 Å². The van der Waals surface area contributed by atoms with Crippen LogP contribution in [0.15, 0.2) is 18.2 Å². The number of rotatable bonds is 1. The van der Waals surface area contributed by atoms with Gasteiger partial charge in [-0.05, 0) is 49.4 Å². The molecule has 1 aliphatic carbocycles. The van der Waals surface area contributed by atoms with Crippen LogP contribution in [0.25, 0.3) is 10.9 Å². The summed E-state index contributed by atoms with van der Waals surface area (Å²) in [6.45, 7) is 0. The third kappa shape index (κ3) is 2.07. The number of pyridine rings is 1. The van der Waals surface area contributed by atoms with E-state index in [0.29, 0.717) is 10.9 Å². The molecule has 1 N–H and O–H groups in total. The van der Waals surface area contributed by atoms with Crippen molar-refractivity contribution in [1.29, 1.82) is 0 Å². The third-order valence-corrected chi connectivity index (χ3v) is 3.69. The number of aromatic carboxylic acids is 1. The first-order valence-electron chi connectivity index (χ1n) is 6.51. The summed E-state index contributed by atoms with van der Waals surface area (Å²) in [5.41, 5.74) is 2.47. The maximum Gasteiger partial charge on any atom is 0.336 e. The van der Waals surface area contributed by atoms with Gasteiger partial charge in [0.1, 0.15) is 5.82 Å². The number of aryl methyl sites for hydroxylation is 1. The Labute approximate surface area is 110 Å². The number of benzene rings is 1. The second-order valence-electron chi connectivity index (χ2n) is 4.94. The number of carbonyl (C=O) groups is 1. The molecule has 0 spiro atoms. The lowest BCUT2D eigenvalue weighted by molar-refractivity contribution is 0.0697. The zero-order valence-electron chi connectivity index (χ0n) is 10.4. The molecule has 0 aliphatic heterocycles. The van der Waals surface area contributed by atoms with Crippen molar-refractivity contribution in [3.63, 3.8) is 0 Å². The molecule has 0 atom stereocenters. The van der Waals surface area contributed by atoms with Crippen molar-refractivity contribution in [2.45, 2.75) is 32.1 Å². The molecule has 1 aromatic carbocycles. The number of hydrogen-bond donors (Lipinski definition) is 1. The van der Waals surface area contributed by atoms with Gasteiger partial charge in [0, 0.05) is 11.1 Å². The molecule has 0 radical (unpaired) electrons. The number of nitrogens with zero attached hydrogens (tertiary/aromatic N) is 1. The zero-order chi connectivity index (χ0) is 13.4. The molecule has 0 saturated carbocycles. The predicted molar refractivity (Wildman–Crippen MR) is 69.9 cm³/mol. The van der Waals surface area contributed by atoms with Crippen LogP contribution >= 0.6 is 0 Å². The number of halogens is 1. The molecular formula is C15H14FNO2. The lowest BCUT2D eigenvalue weighted by Crippen LogP contribution is -2.08. The van der Waals surface area contributed by atoms with Crippen molar-refractivity contribution in [2.24, 2.45) is 0 Å². The summed E-state index contributed by atoms with van der Waals surface area (Å²) in [6, 6.07) is 4.16. The molecule has 0 saturated heterocycles. The van der Waals surface area contributed by atoms with E-state index < -0.39 is 11.8 Å². The Morgan fingerprint density at radius 2 is 2.00 bits per heavy atom. The summed E-state index contributed by atoms with van der Waals surface area (Å²) in [5.74, 6) is -1.42. The first kappa shape index (κ1) is 12.1. The largest absolute Gasteiger partial charge is 0.478 e. The third-order valence-electron chi connectivity index (χ3n) is 3.69. The van der Waals surface area contributed by atoms with Gasteiger partial charge in [0.2, 0.25) is 0 Å². The fourth-order valence-corrected chi connectivity index (χ4v) is 2.82. The zero-order valence-corrected chi connectivity index (χ0v) is 10.4.